The van der Waals surface area contributed by atoms with Crippen molar-refractivity contribution in [3.8, 4) is 67.5 Å². The number of hydrogen-bond acceptors (Lipinski definition) is 3. The number of pyridine rings is 1. The third-order valence-electron chi connectivity index (χ3n) is 11.9. The minimum absolute atomic E-state index is 0. The number of para-hydroxylation sites is 1. The molecule has 5 heteroatoms. The van der Waals surface area contributed by atoms with Crippen LogP contribution in [0.5, 0.6) is 5.75 Å². The van der Waals surface area contributed by atoms with Crippen LogP contribution in [-0.2, 0) is 42.7 Å². The molecule has 0 aliphatic rings. The Morgan fingerprint density at radius 3 is 1.92 bits per heavy atom. The monoisotopic (exact) mass is 1070 g/mol. The summed E-state index contributed by atoms with van der Waals surface area (Å²) in [5.41, 5.74) is -4.20. The van der Waals surface area contributed by atoms with Crippen LogP contribution in [0, 0.1) is 6.07 Å². The predicted molar refractivity (Wildman–Crippen MR) is 275 cm³/mol. The quantitative estimate of drug-likeness (QED) is 0.162. The predicted octanol–water partition coefficient (Wildman–Crippen LogP) is 16.6. The topological polar surface area (TPSA) is 50.9 Å². The zero-order valence-electron chi connectivity index (χ0n) is 57.3. The molecule has 0 amide bonds. The van der Waals surface area contributed by atoms with Crippen LogP contribution in [0.3, 0.4) is 0 Å². The molecule has 0 saturated heterocycles. The number of fused-ring (bicyclic) bond motifs is 1. The molecule has 66 heavy (non-hydrogen) atoms. The van der Waals surface area contributed by atoms with Crippen molar-refractivity contribution in [2.75, 3.05) is 0 Å². The van der Waals surface area contributed by atoms with E-state index in [-0.39, 0.29) is 32.1 Å². The van der Waals surface area contributed by atoms with Gasteiger partial charge in [0.1, 0.15) is 11.6 Å². The van der Waals surface area contributed by atoms with E-state index in [0.29, 0.717) is 34.1 Å². The van der Waals surface area contributed by atoms with Crippen LogP contribution in [0.2, 0.25) is 0 Å². The van der Waals surface area contributed by atoms with Crippen molar-refractivity contribution < 1.29 is 52.2 Å². The van der Waals surface area contributed by atoms with Gasteiger partial charge < -0.3 is 5.11 Å². The van der Waals surface area contributed by atoms with Crippen LogP contribution in [0.4, 0.5) is 0 Å². The minimum atomic E-state index is -4.14. The van der Waals surface area contributed by atoms with E-state index in [0.717, 1.165) is 45.0 Å². The van der Waals surface area contributed by atoms with Crippen LogP contribution in [0.15, 0.2) is 134 Å². The van der Waals surface area contributed by atoms with E-state index in [2.05, 4.69) is 6.07 Å². The molecule has 1 N–H and O–H groups in total. The normalized spacial score (nSPS) is 18.0. The Labute approximate surface area is 435 Å². The zero-order valence-corrected chi connectivity index (χ0v) is 40.6. The second kappa shape index (κ2) is 17.9. The van der Waals surface area contributed by atoms with Gasteiger partial charge in [0, 0.05) is 70.3 Å². The molecule has 0 fully saturated rings. The first-order chi connectivity index (χ1) is 38.3. The molecule has 0 aliphatic heterocycles. The zero-order chi connectivity index (χ0) is 62.7. The summed E-state index contributed by atoms with van der Waals surface area (Å²) in [4.78, 5) is 9.96. The largest absolute Gasteiger partial charge is 0.507 e. The van der Waals surface area contributed by atoms with Crippen molar-refractivity contribution >= 4 is 11.0 Å². The molecule has 8 aromatic rings. The molecule has 0 saturated carbocycles. The van der Waals surface area contributed by atoms with Gasteiger partial charge >= 0.3 is 0 Å². The van der Waals surface area contributed by atoms with Crippen molar-refractivity contribution in [3.05, 3.63) is 167 Å². The first-order valence-electron chi connectivity index (χ1n) is 31.0. The van der Waals surface area contributed by atoms with Crippen LogP contribution in [-0.4, -0.2) is 19.6 Å². The average Bonchev–Trinajstić information content (AvgIpc) is 1.11. The summed E-state index contributed by atoms with van der Waals surface area (Å²) in [6.45, 7) is -8.90. The van der Waals surface area contributed by atoms with Gasteiger partial charge in [0.25, 0.3) is 0 Å². The van der Waals surface area contributed by atoms with Gasteiger partial charge in [-0.2, -0.15) is 0 Å². The van der Waals surface area contributed by atoms with E-state index in [9.17, 15) is 5.11 Å². The summed E-state index contributed by atoms with van der Waals surface area (Å²) in [6.07, 6.45) is 1.68. The van der Waals surface area contributed by atoms with Gasteiger partial charge in [-0.1, -0.05) is 193 Å². The van der Waals surface area contributed by atoms with Crippen molar-refractivity contribution in [3.63, 3.8) is 0 Å². The van der Waals surface area contributed by atoms with Gasteiger partial charge in [0.15, 0.2) is 0 Å². The molecule has 2 aromatic heterocycles. The molecule has 6 aromatic carbocycles. The number of hydrogen-bond donors (Lipinski definition) is 1. The summed E-state index contributed by atoms with van der Waals surface area (Å²) in [5, 5.41) is 13.0. The molecule has 0 radical (unpaired) electrons. The number of aromatic hydroxyl groups is 1. The maximum absolute atomic E-state index is 13.0. The Balaban J connectivity index is 0.0000104. The number of phenolic OH excluding ortho intramolecular Hbond substituents is 1. The van der Waals surface area contributed by atoms with Crippen molar-refractivity contribution in [2.45, 2.75) is 124 Å². The number of rotatable bonds is 7. The van der Waals surface area contributed by atoms with Crippen LogP contribution in [0.1, 0.15) is 156 Å². The molecule has 4 nitrogen and oxygen atoms in total. The van der Waals surface area contributed by atoms with Gasteiger partial charge in [-0.25, -0.2) is 4.98 Å². The average molecular weight is 1070 g/mol. The smallest absolute Gasteiger partial charge is 0.148 e. The molecular formula is C61H66N3OPt-. The third kappa shape index (κ3) is 9.63. The van der Waals surface area contributed by atoms with E-state index >= 15 is 0 Å². The standard InChI is InChI=1S/C61H66N3O.Pt/c1-38(2)39-23-25-40(26-24-39)42-29-30-62-53(34-42)44-31-43(32-45(33-44)58(3,4)5)49-21-18-22-54-55(49)63-57(50-35-46(59(6,7)8)36-52(56(50)65)61(12,13)14)64(54)47-27-28-48(41-19-16-15-17-20-41)51(37-47)60(9,10)11;/h15-30,32-38,65H,1-14H3;/q-1;/i6D3,7D3,8D3,12D3,13D3,14D3,38D;. The Morgan fingerprint density at radius 1 is 0.591 bits per heavy atom. The minimum Gasteiger partial charge on any atom is -0.507 e. The fraction of sp³-hybridized carbons (Fsp3) is 0.311. The maximum Gasteiger partial charge on any atom is 0.148 e. The molecule has 0 spiro atoms. The van der Waals surface area contributed by atoms with Crippen LogP contribution < -0.4 is 0 Å². The molecule has 342 valence electrons. The van der Waals surface area contributed by atoms with E-state index < -0.39 is 96.9 Å². The summed E-state index contributed by atoms with van der Waals surface area (Å²) in [7, 11) is 0. The Hall–Kier alpha value is -5.57. The molecular weight excluding hydrogens is 986 g/mol. The summed E-state index contributed by atoms with van der Waals surface area (Å²) in [5.74, 6) is -2.59. The fourth-order valence-electron chi connectivity index (χ4n) is 8.27. The molecule has 2 heterocycles. The van der Waals surface area contributed by atoms with Gasteiger partial charge in [-0.3, -0.25) is 9.55 Å². The molecule has 8 rings (SSSR count). The van der Waals surface area contributed by atoms with Gasteiger partial charge in [-0.05, 0) is 96.8 Å². The third-order valence-corrected chi connectivity index (χ3v) is 11.9. The van der Waals surface area contributed by atoms with Crippen molar-refractivity contribution in [1.29, 1.82) is 0 Å². The summed E-state index contributed by atoms with van der Waals surface area (Å²) < 4.78 is 168. The first kappa shape index (κ1) is 29.2. The molecule has 0 bridgehead atoms. The Morgan fingerprint density at radius 2 is 1.27 bits per heavy atom. The first-order valence-corrected chi connectivity index (χ1v) is 21.5. The van der Waals surface area contributed by atoms with E-state index in [1.807, 2.05) is 146 Å². The van der Waals surface area contributed by atoms with Gasteiger partial charge in [0.2, 0.25) is 0 Å². The van der Waals surface area contributed by atoms with E-state index in [1.165, 1.54) is 4.57 Å². The SMILES string of the molecule is [2H]C(C)(C)c1ccc(-c2ccnc(-c3[c-]c(-c4cccc5c4nc(-c4cc(C(C([2H])([2H])[2H])(C([2H])([2H])[2H])C([2H])([2H])[2H])cc(C(C([2H])([2H])[2H])(C([2H])([2H])[2H])C([2H])([2H])[2H])c4O)n5-c4ccc(-c5ccccc5)c(C(C)(C)C)c4)cc(C(C)(C)C)c3)c2)cc1.[Pt]. The van der Waals surface area contributed by atoms with Gasteiger partial charge in [0.05, 0.1) is 16.6 Å². The van der Waals surface area contributed by atoms with Crippen LogP contribution >= 0.6 is 0 Å². The number of nitrogens with zero attached hydrogens (tertiary/aromatic N) is 3. The second-order valence-corrected chi connectivity index (χ2v) is 19.2. The van der Waals surface area contributed by atoms with Crippen molar-refractivity contribution in [1.82, 2.24) is 14.5 Å². The summed E-state index contributed by atoms with van der Waals surface area (Å²) in [6, 6.07) is 40.0. The number of benzene rings is 6. The number of imidazole rings is 1. The van der Waals surface area contributed by atoms with Crippen molar-refractivity contribution in [2.24, 2.45) is 0 Å². The second-order valence-electron chi connectivity index (χ2n) is 19.2. The molecule has 0 atom stereocenters. The molecule has 0 unspecified atom stereocenters. The fourth-order valence-corrected chi connectivity index (χ4v) is 8.27. The van der Waals surface area contributed by atoms with Crippen LogP contribution in [0.25, 0.3) is 72.7 Å². The molecule has 0 aliphatic carbocycles. The maximum atomic E-state index is 13.0. The van der Waals surface area contributed by atoms with E-state index in [1.54, 1.807) is 30.5 Å². The number of aromatic nitrogens is 3. The summed E-state index contributed by atoms with van der Waals surface area (Å²) >= 11 is 0. The number of phenols is 1. The van der Waals surface area contributed by atoms with Gasteiger partial charge in [-0.15, -0.1) is 29.3 Å². The van der Waals surface area contributed by atoms with E-state index in [4.69, 9.17) is 36.0 Å². The Bertz CT molecular complexity index is 3700. The Kier molecular flexibility index (Phi) is 7.94.